The molecule has 3 aromatic rings. The molecule has 0 spiro atoms. The van der Waals surface area contributed by atoms with Crippen molar-refractivity contribution in [3.8, 4) is 0 Å². The summed E-state index contributed by atoms with van der Waals surface area (Å²) in [4.78, 5) is 13.2. The zero-order chi connectivity index (χ0) is 24.5. The van der Waals surface area contributed by atoms with Crippen LogP contribution in [-0.2, 0) is 20.9 Å². The first-order chi connectivity index (χ1) is 16.3. The van der Waals surface area contributed by atoms with Crippen LogP contribution in [0.3, 0.4) is 0 Å². The number of esters is 1. The Bertz CT molecular complexity index is 1200. The van der Waals surface area contributed by atoms with E-state index in [2.05, 4.69) is 20.8 Å². The Labute approximate surface area is 202 Å². The Balaban J connectivity index is 1.97. The van der Waals surface area contributed by atoms with Crippen LogP contribution in [0, 0.1) is 17.8 Å². The summed E-state index contributed by atoms with van der Waals surface area (Å²) >= 11 is 0. The molecule has 1 aliphatic carbocycles. The van der Waals surface area contributed by atoms with Gasteiger partial charge in [-0.05, 0) is 55.7 Å². The summed E-state index contributed by atoms with van der Waals surface area (Å²) in [5.41, 5.74) is 1.14. The number of hydrogen-bond acceptors (Lipinski definition) is 4. The first-order valence-corrected chi connectivity index (χ1v) is 14.0. The van der Waals surface area contributed by atoms with Gasteiger partial charge in [0.05, 0.1) is 18.0 Å². The molecule has 1 saturated carbocycles. The average Bonchev–Trinajstić information content (AvgIpc) is 3.13. The standard InChI is InChI=1S/C28H36NO4P/c1-6-32-28(30)26-27(23-14-10-11-15-24(23)29(26)5)34(31,21-12-8-7-9-13-21)33-25-18-20(4)16-17-22(25)19(2)3/h7-15,19-20,22,25H,6,16-18H2,1-5H3/t20-,22-,25+,34?/m0/s1. The molecule has 1 unspecified atom stereocenters. The van der Waals surface area contributed by atoms with Crippen molar-refractivity contribution in [1.82, 2.24) is 4.57 Å². The first-order valence-electron chi connectivity index (χ1n) is 12.4. The van der Waals surface area contributed by atoms with Crippen LogP contribution in [0.25, 0.3) is 10.9 Å². The number of aryl methyl sites for hydroxylation is 1. The largest absolute Gasteiger partial charge is 0.461 e. The van der Waals surface area contributed by atoms with E-state index < -0.39 is 13.3 Å². The molecular formula is C28H36NO4P. The molecule has 6 heteroatoms. The van der Waals surface area contributed by atoms with Crippen LogP contribution in [0.1, 0.15) is 57.4 Å². The van der Waals surface area contributed by atoms with Gasteiger partial charge in [-0.15, -0.1) is 0 Å². The molecule has 0 N–H and O–H groups in total. The van der Waals surface area contributed by atoms with E-state index in [0.717, 1.165) is 30.2 Å². The van der Waals surface area contributed by atoms with Crippen LogP contribution in [0.4, 0.5) is 0 Å². The molecule has 182 valence electrons. The lowest BCUT2D eigenvalue weighted by Crippen LogP contribution is -2.36. The van der Waals surface area contributed by atoms with E-state index in [1.807, 2.05) is 61.6 Å². The first kappa shape index (κ1) is 24.8. The Hall–Kier alpha value is -2.36. The second-order valence-electron chi connectivity index (χ2n) is 9.85. The third-order valence-electron chi connectivity index (χ3n) is 7.18. The number of hydrogen-bond donors (Lipinski definition) is 0. The smallest absolute Gasteiger partial charge is 0.355 e. The van der Waals surface area contributed by atoms with Gasteiger partial charge in [-0.1, -0.05) is 63.6 Å². The van der Waals surface area contributed by atoms with Gasteiger partial charge >= 0.3 is 5.97 Å². The SMILES string of the molecule is CCOC(=O)c1c(P(=O)(O[C@@H]2C[C@@H](C)CC[C@H]2C(C)C)c2ccccc2)c2ccccc2n1C. The van der Waals surface area contributed by atoms with Gasteiger partial charge in [-0.3, -0.25) is 4.57 Å². The number of fused-ring (bicyclic) bond motifs is 1. The third kappa shape index (κ3) is 4.48. The van der Waals surface area contributed by atoms with Gasteiger partial charge < -0.3 is 13.8 Å². The predicted octanol–water partition coefficient (Wildman–Crippen LogP) is 6.06. The molecule has 0 saturated heterocycles. The van der Waals surface area contributed by atoms with Gasteiger partial charge in [0, 0.05) is 23.3 Å². The van der Waals surface area contributed by atoms with Crippen molar-refractivity contribution in [3.05, 3.63) is 60.3 Å². The number of carbonyl (C=O) groups excluding carboxylic acids is 1. The fraction of sp³-hybridized carbons (Fsp3) is 0.464. The lowest BCUT2D eigenvalue weighted by molar-refractivity contribution is 0.0495. The normalized spacial score (nSPS) is 22.6. The van der Waals surface area contributed by atoms with E-state index in [9.17, 15) is 4.79 Å². The van der Waals surface area contributed by atoms with E-state index >= 15 is 4.57 Å². The van der Waals surface area contributed by atoms with E-state index in [4.69, 9.17) is 9.26 Å². The fourth-order valence-corrected chi connectivity index (χ4v) is 8.10. The number of nitrogens with zero attached hydrogens (tertiary/aromatic N) is 1. The highest BCUT2D eigenvalue weighted by Gasteiger charge is 2.43. The van der Waals surface area contributed by atoms with Crippen molar-refractivity contribution in [1.29, 1.82) is 0 Å². The van der Waals surface area contributed by atoms with Crippen molar-refractivity contribution in [3.63, 3.8) is 0 Å². The maximum Gasteiger partial charge on any atom is 0.355 e. The van der Waals surface area contributed by atoms with Crippen LogP contribution in [-0.4, -0.2) is 23.2 Å². The lowest BCUT2D eigenvalue weighted by atomic mass is 9.75. The van der Waals surface area contributed by atoms with Crippen molar-refractivity contribution < 1.29 is 18.6 Å². The summed E-state index contributed by atoms with van der Waals surface area (Å²) in [6.07, 6.45) is 2.92. The van der Waals surface area contributed by atoms with Gasteiger partial charge in [-0.2, -0.15) is 0 Å². The van der Waals surface area contributed by atoms with Crippen LogP contribution >= 0.6 is 7.37 Å². The number of para-hydroxylation sites is 1. The van der Waals surface area contributed by atoms with Crippen LogP contribution in [0.2, 0.25) is 0 Å². The maximum absolute atomic E-state index is 15.3. The quantitative estimate of drug-likeness (QED) is 0.304. The second-order valence-corrected chi connectivity index (χ2v) is 12.1. The second kappa shape index (κ2) is 10.1. The third-order valence-corrected chi connectivity index (χ3v) is 9.77. The minimum absolute atomic E-state index is 0.149. The van der Waals surface area contributed by atoms with Gasteiger partial charge in [0.2, 0.25) is 0 Å². The predicted molar refractivity (Wildman–Crippen MR) is 138 cm³/mol. The molecule has 4 atom stereocenters. The maximum atomic E-state index is 15.3. The Kier molecular flexibility index (Phi) is 7.35. The van der Waals surface area contributed by atoms with E-state index in [-0.39, 0.29) is 12.7 Å². The van der Waals surface area contributed by atoms with Crippen molar-refractivity contribution in [2.45, 2.75) is 53.1 Å². The summed E-state index contributed by atoms with van der Waals surface area (Å²) in [5, 5.41) is 1.83. The van der Waals surface area contributed by atoms with Crippen LogP contribution in [0.15, 0.2) is 54.6 Å². The van der Waals surface area contributed by atoms with Crippen molar-refractivity contribution in [2.24, 2.45) is 24.8 Å². The highest BCUT2D eigenvalue weighted by Crippen LogP contribution is 2.52. The monoisotopic (exact) mass is 481 g/mol. The number of benzene rings is 2. The molecule has 5 nitrogen and oxygen atoms in total. The van der Waals surface area contributed by atoms with Crippen LogP contribution in [0.5, 0.6) is 0 Å². The van der Waals surface area contributed by atoms with Gasteiger partial charge in [0.1, 0.15) is 5.69 Å². The molecule has 1 aliphatic rings. The number of carbonyl (C=O) groups is 1. The number of rotatable bonds is 7. The molecule has 1 aromatic heterocycles. The van der Waals surface area contributed by atoms with E-state index in [1.165, 1.54) is 0 Å². The molecule has 0 amide bonds. The lowest BCUT2D eigenvalue weighted by Gasteiger charge is -2.39. The summed E-state index contributed by atoms with van der Waals surface area (Å²) in [6.45, 7) is 8.69. The average molecular weight is 482 g/mol. The van der Waals surface area contributed by atoms with Crippen molar-refractivity contribution >= 4 is 34.9 Å². The minimum atomic E-state index is -3.66. The molecule has 34 heavy (non-hydrogen) atoms. The summed E-state index contributed by atoms with van der Waals surface area (Å²) in [5.74, 6) is 0.752. The molecule has 4 rings (SSSR count). The molecule has 2 aromatic carbocycles. The Morgan fingerprint density at radius 3 is 2.44 bits per heavy atom. The van der Waals surface area contributed by atoms with Crippen LogP contribution < -0.4 is 10.6 Å². The number of ether oxygens (including phenoxy) is 1. The highest BCUT2D eigenvalue weighted by atomic mass is 31.2. The molecular weight excluding hydrogens is 445 g/mol. The van der Waals surface area contributed by atoms with Gasteiger partial charge in [0.15, 0.2) is 0 Å². The fourth-order valence-electron chi connectivity index (χ4n) is 5.40. The highest BCUT2D eigenvalue weighted by molar-refractivity contribution is 7.75. The van der Waals surface area contributed by atoms with E-state index in [1.54, 1.807) is 11.5 Å². The summed E-state index contributed by atoms with van der Waals surface area (Å²) in [7, 11) is -1.83. The molecule has 0 bridgehead atoms. The zero-order valence-corrected chi connectivity index (χ0v) is 21.8. The minimum Gasteiger partial charge on any atom is -0.461 e. The van der Waals surface area contributed by atoms with Crippen molar-refractivity contribution in [2.75, 3.05) is 6.61 Å². The van der Waals surface area contributed by atoms with Gasteiger partial charge in [0.25, 0.3) is 7.37 Å². The number of aromatic nitrogens is 1. The Morgan fingerprint density at radius 1 is 1.09 bits per heavy atom. The molecule has 1 fully saturated rings. The topological polar surface area (TPSA) is 57.5 Å². The molecule has 1 heterocycles. The summed E-state index contributed by atoms with van der Waals surface area (Å²) in [6, 6.07) is 17.1. The molecule has 0 radical (unpaired) electrons. The molecule has 0 aliphatic heterocycles. The Morgan fingerprint density at radius 2 is 1.76 bits per heavy atom. The van der Waals surface area contributed by atoms with Gasteiger partial charge in [-0.25, -0.2) is 4.79 Å². The summed E-state index contributed by atoms with van der Waals surface area (Å²) < 4.78 is 29.3. The van der Waals surface area contributed by atoms with E-state index in [0.29, 0.717) is 34.1 Å². The zero-order valence-electron chi connectivity index (χ0n) is 20.9.